The Labute approximate surface area is 176 Å². The van der Waals surface area contributed by atoms with E-state index in [1.165, 1.54) is 0 Å². The molecule has 0 spiro atoms. The van der Waals surface area contributed by atoms with Crippen molar-refractivity contribution in [1.82, 2.24) is 14.4 Å². The van der Waals surface area contributed by atoms with E-state index in [1.807, 2.05) is 70.9 Å². The monoisotopic (exact) mass is 411 g/mol. The molecular weight excluding hydrogens is 386 g/mol. The van der Waals surface area contributed by atoms with Crippen LogP contribution in [0.2, 0.25) is 5.02 Å². The maximum atomic E-state index is 13.1. The molecule has 1 saturated heterocycles. The van der Waals surface area contributed by atoms with Crippen LogP contribution in [0.4, 0.5) is 0 Å². The average Bonchev–Trinajstić information content (AvgIpc) is 2.68. The lowest BCUT2D eigenvalue weighted by Crippen LogP contribution is -2.51. The van der Waals surface area contributed by atoms with Crippen LogP contribution >= 0.6 is 11.6 Å². The Morgan fingerprint density at radius 2 is 1.86 bits per heavy atom. The third kappa shape index (κ3) is 4.31. The summed E-state index contributed by atoms with van der Waals surface area (Å²) in [5, 5.41) is 0.695. The van der Waals surface area contributed by atoms with Gasteiger partial charge in [-0.25, -0.2) is 0 Å². The fraction of sp³-hybridized carbons (Fsp3) is 0.391. The molecule has 0 N–H and O–H groups in total. The molecule has 6 heteroatoms. The molecule has 2 aromatic rings. The van der Waals surface area contributed by atoms with Gasteiger partial charge in [0.15, 0.2) is 0 Å². The van der Waals surface area contributed by atoms with Gasteiger partial charge in [-0.05, 0) is 62.3 Å². The smallest absolute Gasteiger partial charge is 0.258 e. The number of carbonyl (C=O) groups is 1. The molecule has 0 unspecified atom stereocenters. The average molecular weight is 412 g/mol. The maximum absolute atomic E-state index is 13.1. The summed E-state index contributed by atoms with van der Waals surface area (Å²) in [4.78, 5) is 29.5. The number of hydrogen-bond donors (Lipinski definition) is 0. The highest BCUT2D eigenvalue weighted by Gasteiger charge is 2.36. The van der Waals surface area contributed by atoms with E-state index < -0.39 is 0 Å². The summed E-state index contributed by atoms with van der Waals surface area (Å²) < 4.78 is 1.92. The highest BCUT2D eigenvalue weighted by Crippen LogP contribution is 2.35. The SMILES string of the molecule is CN(C)CC(=O)N1C[C@H]2C[C@H](C1)c1ccc(C=Cc3ccc(Cl)cc3)c(=O)n1C2. The molecule has 2 aliphatic rings. The van der Waals surface area contributed by atoms with Crippen LogP contribution in [0, 0.1) is 5.92 Å². The summed E-state index contributed by atoms with van der Waals surface area (Å²) in [6.07, 6.45) is 4.85. The van der Waals surface area contributed by atoms with E-state index >= 15 is 0 Å². The van der Waals surface area contributed by atoms with Crippen molar-refractivity contribution in [3.05, 3.63) is 68.6 Å². The van der Waals surface area contributed by atoms with Crippen LogP contribution in [0.5, 0.6) is 0 Å². The Morgan fingerprint density at radius 1 is 1.10 bits per heavy atom. The lowest BCUT2D eigenvalue weighted by Gasteiger charge is -2.43. The zero-order valence-corrected chi connectivity index (χ0v) is 17.6. The molecule has 0 radical (unpaired) electrons. The molecule has 2 bridgehead atoms. The molecule has 29 heavy (non-hydrogen) atoms. The number of halogens is 1. The number of fused-ring (bicyclic) bond motifs is 4. The van der Waals surface area contributed by atoms with Gasteiger partial charge in [-0.1, -0.05) is 29.8 Å². The number of carbonyl (C=O) groups excluding carboxylic acids is 1. The second-order valence-corrected chi connectivity index (χ2v) is 8.79. The van der Waals surface area contributed by atoms with Crippen LogP contribution in [0.25, 0.3) is 12.2 Å². The Hall–Kier alpha value is -2.37. The standard InChI is InChI=1S/C23H26ClN3O2/c1-25(2)15-22(28)26-12-17-11-19(14-26)21-10-7-18(23(29)27(21)13-17)6-3-16-4-8-20(24)9-5-16/h3-10,17,19H,11-15H2,1-2H3/t17-,19-/m1/s1. The van der Waals surface area contributed by atoms with Crippen LogP contribution in [0.15, 0.2) is 41.2 Å². The quantitative estimate of drug-likeness (QED) is 0.776. The summed E-state index contributed by atoms with van der Waals surface area (Å²) in [7, 11) is 3.83. The Balaban J connectivity index is 1.56. The van der Waals surface area contributed by atoms with E-state index in [4.69, 9.17) is 11.6 Å². The van der Waals surface area contributed by atoms with Crippen molar-refractivity contribution in [2.75, 3.05) is 33.7 Å². The lowest BCUT2D eigenvalue weighted by atomic mass is 9.83. The molecule has 1 fully saturated rings. The lowest BCUT2D eigenvalue weighted by molar-refractivity contribution is -0.134. The fourth-order valence-electron chi connectivity index (χ4n) is 4.42. The third-order valence-corrected chi connectivity index (χ3v) is 6.02. The van der Waals surface area contributed by atoms with Crippen LogP contribution in [0.3, 0.4) is 0 Å². The number of likely N-dealkylation sites (tertiary alicyclic amines) is 1. The third-order valence-electron chi connectivity index (χ3n) is 5.76. The predicted octanol–water partition coefficient (Wildman–Crippen LogP) is 3.18. The molecule has 0 aliphatic carbocycles. The van der Waals surface area contributed by atoms with Crippen LogP contribution in [0.1, 0.15) is 29.2 Å². The van der Waals surface area contributed by atoms with E-state index in [9.17, 15) is 9.59 Å². The molecule has 3 heterocycles. The number of hydrogen-bond acceptors (Lipinski definition) is 3. The first-order valence-electron chi connectivity index (χ1n) is 10.0. The van der Waals surface area contributed by atoms with Gasteiger partial charge in [-0.15, -0.1) is 0 Å². The van der Waals surface area contributed by atoms with Crippen LogP contribution < -0.4 is 5.56 Å². The van der Waals surface area contributed by atoms with E-state index in [1.54, 1.807) is 0 Å². The number of rotatable bonds is 4. The number of aromatic nitrogens is 1. The highest BCUT2D eigenvalue weighted by atomic mass is 35.5. The van der Waals surface area contributed by atoms with Crippen molar-refractivity contribution in [3.8, 4) is 0 Å². The van der Waals surface area contributed by atoms with Gasteiger partial charge in [0.05, 0.1) is 6.54 Å². The maximum Gasteiger partial charge on any atom is 0.258 e. The number of nitrogens with zero attached hydrogens (tertiary/aromatic N) is 3. The molecule has 1 aromatic heterocycles. The summed E-state index contributed by atoms with van der Waals surface area (Å²) in [5.74, 6) is 0.735. The van der Waals surface area contributed by atoms with E-state index in [-0.39, 0.29) is 17.4 Å². The van der Waals surface area contributed by atoms with Gasteiger partial charge in [-0.2, -0.15) is 0 Å². The van der Waals surface area contributed by atoms with Gasteiger partial charge in [0, 0.05) is 41.8 Å². The highest BCUT2D eigenvalue weighted by molar-refractivity contribution is 6.30. The largest absolute Gasteiger partial charge is 0.341 e. The van der Waals surface area contributed by atoms with Crippen molar-refractivity contribution < 1.29 is 4.79 Å². The summed E-state index contributed by atoms with van der Waals surface area (Å²) in [6.45, 7) is 2.54. The number of piperidine rings is 1. The molecule has 1 aromatic carbocycles. The van der Waals surface area contributed by atoms with Crippen molar-refractivity contribution in [2.45, 2.75) is 18.9 Å². The van der Waals surface area contributed by atoms with Crippen molar-refractivity contribution >= 4 is 29.7 Å². The molecule has 2 atom stereocenters. The number of pyridine rings is 1. The number of benzene rings is 1. The first-order valence-corrected chi connectivity index (χ1v) is 10.4. The molecule has 2 aliphatic heterocycles. The van der Waals surface area contributed by atoms with Gasteiger partial charge in [-0.3, -0.25) is 9.59 Å². The van der Waals surface area contributed by atoms with Crippen molar-refractivity contribution in [2.24, 2.45) is 5.92 Å². The fourth-order valence-corrected chi connectivity index (χ4v) is 4.55. The summed E-state index contributed by atoms with van der Waals surface area (Å²) >= 11 is 5.93. The van der Waals surface area contributed by atoms with Gasteiger partial charge in [0.2, 0.25) is 5.91 Å². The van der Waals surface area contributed by atoms with Gasteiger partial charge in [0.25, 0.3) is 5.56 Å². The first-order chi connectivity index (χ1) is 13.9. The van der Waals surface area contributed by atoms with Crippen molar-refractivity contribution in [3.63, 3.8) is 0 Å². The molecule has 152 valence electrons. The van der Waals surface area contributed by atoms with Gasteiger partial charge < -0.3 is 14.4 Å². The van der Waals surface area contributed by atoms with Crippen LogP contribution in [-0.2, 0) is 11.3 Å². The number of likely N-dealkylation sites (N-methyl/N-ethyl adjacent to an activating group) is 1. The zero-order chi connectivity index (χ0) is 20.5. The molecular formula is C23H26ClN3O2. The van der Waals surface area contributed by atoms with E-state index in [2.05, 4.69) is 6.07 Å². The van der Waals surface area contributed by atoms with Crippen LogP contribution in [-0.4, -0.2) is 54.0 Å². The van der Waals surface area contributed by atoms with Gasteiger partial charge >= 0.3 is 0 Å². The molecule has 4 rings (SSSR count). The van der Waals surface area contributed by atoms with E-state index in [0.29, 0.717) is 36.1 Å². The molecule has 1 amide bonds. The summed E-state index contributed by atoms with van der Waals surface area (Å²) in [5.41, 5.74) is 2.79. The normalized spacial score (nSPS) is 20.9. The second-order valence-electron chi connectivity index (χ2n) is 8.35. The first kappa shape index (κ1) is 19.9. The molecule has 5 nitrogen and oxygen atoms in total. The zero-order valence-electron chi connectivity index (χ0n) is 16.8. The predicted molar refractivity (Wildman–Crippen MR) is 117 cm³/mol. The Kier molecular flexibility index (Phi) is 5.61. The topological polar surface area (TPSA) is 45.6 Å². The minimum atomic E-state index is 0.0514. The van der Waals surface area contributed by atoms with E-state index in [0.717, 1.165) is 24.2 Å². The van der Waals surface area contributed by atoms with Gasteiger partial charge in [0.1, 0.15) is 0 Å². The molecule has 0 saturated carbocycles. The minimum absolute atomic E-state index is 0.0514. The van der Waals surface area contributed by atoms with Crippen molar-refractivity contribution in [1.29, 1.82) is 0 Å². The Bertz CT molecular complexity index is 994. The Morgan fingerprint density at radius 3 is 2.59 bits per heavy atom. The minimum Gasteiger partial charge on any atom is -0.341 e. The number of amides is 1. The summed E-state index contributed by atoms with van der Waals surface area (Å²) in [6, 6.07) is 11.5. The second kappa shape index (κ2) is 8.17.